The Balaban J connectivity index is 1.84. The number of hydrogen-bond donors (Lipinski definition) is 3. The molecular formula is C13H21N5O2. The number of amides is 2. The van der Waals surface area contributed by atoms with Crippen LogP contribution in [0, 0.1) is 5.92 Å². The third-order valence-corrected chi connectivity index (χ3v) is 3.72. The van der Waals surface area contributed by atoms with Gasteiger partial charge in [-0.3, -0.25) is 9.59 Å². The molecule has 5 N–H and O–H groups in total. The smallest absolute Gasteiger partial charge is 0.271 e. The summed E-state index contributed by atoms with van der Waals surface area (Å²) in [6.07, 6.45) is 6.33. The van der Waals surface area contributed by atoms with Gasteiger partial charge in [0.2, 0.25) is 5.91 Å². The Kier molecular flexibility index (Phi) is 4.73. The van der Waals surface area contributed by atoms with E-state index in [4.69, 9.17) is 11.5 Å². The molecule has 0 unspecified atom stereocenters. The first-order valence-electron chi connectivity index (χ1n) is 6.92. The zero-order valence-corrected chi connectivity index (χ0v) is 11.4. The molecule has 1 heterocycles. The lowest BCUT2D eigenvalue weighted by atomic mass is 9.85. The average Bonchev–Trinajstić information content (AvgIpc) is 2.88. The second kappa shape index (κ2) is 6.51. The van der Waals surface area contributed by atoms with E-state index in [1.54, 1.807) is 17.1 Å². The SMILES string of the molecule is NCCn1cnc(C(=O)NC2CCC(C(N)=O)CC2)c1. The molecule has 0 saturated heterocycles. The molecule has 0 bridgehead atoms. The van der Waals surface area contributed by atoms with Crippen LogP contribution in [0.2, 0.25) is 0 Å². The van der Waals surface area contributed by atoms with Gasteiger partial charge in [0.25, 0.3) is 5.91 Å². The molecule has 0 atom stereocenters. The number of carbonyl (C=O) groups is 2. The molecule has 0 spiro atoms. The minimum absolute atomic E-state index is 0.0492. The number of carbonyl (C=O) groups excluding carboxylic acids is 2. The number of nitrogens with one attached hydrogen (secondary N) is 1. The van der Waals surface area contributed by atoms with Crippen LogP contribution in [-0.2, 0) is 11.3 Å². The van der Waals surface area contributed by atoms with Gasteiger partial charge < -0.3 is 21.4 Å². The van der Waals surface area contributed by atoms with Gasteiger partial charge in [0.1, 0.15) is 5.69 Å². The lowest BCUT2D eigenvalue weighted by Crippen LogP contribution is -2.39. The van der Waals surface area contributed by atoms with E-state index in [1.807, 2.05) is 0 Å². The first kappa shape index (κ1) is 14.5. The van der Waals surface area contributed by atoms with Crippen molar-refractivity contribution >= 4 is 11.8 Å². The number of imidazole rings is 1. The lowest BCUT2D eigenvalue weighted by molar-refractivity contribution is -0.122. The highest BCUT2D eigenvalue weighted by Crippen LogP contribution is 2.24. The van der Waals surface area contributed by atoms with Gasteiger partial charge in [0.05, 0.1) is 6.33 Å². The Bertz CT molecular complexity index is 477. The van der Waals surface area contributed by atoms with Crippen LogP contribution in [0.5, 0.6) is 0 Å². The maximum absolute atomic E-state index is 12.0. The molecule has 1 aromatic heterocycles. The molecule has 7 nitrogen and oxygen atoms in total. The van der Waals surface area contributed by atoms with Crippen LogP contribution in [0.15, 0.2) is 12.5 Å². The molecule has 7 heteroatoms. The number of hydrogen-bond acceptors (Lipinski definition) is 4. The molecular weight excluding hydrogens is 258 g/mol. The standard InChI is InChI=1S/C13H21N5O2/c14-5-6-18-7-11(16-8-18)13(20)17-10-3-1-9(2-4-10)12(15)19/h7-10H,1-6,14H2,(H2,15,19)(H,17,20). The molecule has 1 aliphatic rings. The minimum Gasteiger partial charge on any atom is -0.369 e. The van der Waals surface area contributed by atoms with Crippen molar-refractivity contribution in [3.05, 3.63) is 18.2 Å². The van der Waals surface area contributed by atoms with Gasteiger partial charge in [-0.25, -0.2) is 4.98 Å². The number of nitrogens with two attached hydrogens (primary N) is 2. The van der Waals surface area contributed by atoms with Gasteiger partial charge in [-0.15, -0.1) is 0 Å². The monoisotopic (exact) mass is 279 g/mol. The molecule has 0 aromatic carbocycles. The fourth-order valence-corrected chi connectivity index (χ4v) is 2.53. The summed E-state index contributed by atoms with van der Waals surface area (Å²) >= 11 is 0. The molecule has 0 aliphatic heterocycles. The molecule has 0 radical (unpaired) electrons. The predicted molar refractivity (Wildman–Crippen MR) is 73.7 cm³/mol. The topological polar surface area (TPSA) is 116 Å². The van der Waals surface area contributed by atoms with Gasteiger partial charge in [0, 0.05) is 31.2 Å². The Labute approximate surface area is 117 Å². The summed E-state index contributed by atoms with van der Waals surface area (Å²) < 4.78 is 1.79. The largest absolute Gasteiger partial charge is 0.369 e. The second-order valence-corrected chi connectivity index (χ2v) is 5.21. The molecule has 20 heavy (non-hydrogen) atoms. The van der Waals surface area contributed by atoms with Crippen molar-refractivity contribution in [1.82, 2.24) is 14.9 Å². The maximum atomic E-state index is 12.0. The second-order valence-electron chi connectivity index (χ2n) is 5.21. The van der Waals surface area contributed by atoms with E-state index in [0.29, 0.717) is 18.8 Å². The quantitative estimate of drug-likeness (QED) is 0.681. The predicted octanol–water partition coefficient (Wildman–Crippen LogP) is -0.384. The fraction of sp³-hybridized carbons (Fsp3) is 0.615. The van der Waals surface area contributed by atoms with Crippen molar-refractivity contribution in [3.63, 3.8) is 0 Å². The molecule has 1 aromatic rings. The Morgan fingerprint density at radius 1 is 1.35 bits per heavy atom. The van der Waals surface area contributed by atoms with Gasteiger partial charge in [-0.1, -0.05) is 0 Å². The zero-order valence-electron chi connectivity index (χ0n) is 11.4. The average molecular weight is 279 g/mol. The van der Waals surface area contributed by atoms with E-state index in [0.717, 1.165) is 25.7 Å². The van der Waals surface area contributed by atoms with Crippen LogP contribution in [0.3, 0.4) is 0 Å². The first-order valence-corrected chi connectivity index (χ1v) is 6.92. The van der Waals surface area contributed by atoms with Crippen molar-refractivity contribution in [2.24, 2.45) is 17.4 Å². The summed E-state index contributed by atoms with van der Waals surface area (Å²) in [5.74, 6) is -0.467. The van der Waals surface area contributed by atoms with Crippen molar-refractivity contribution in [2.75, 3.05) is 6.54 Å². The highest BCUT2D eigenvalue weighted by molar-refractivity contribution is 5.92. The van der Waals surface area contributed by atoms with Crippen LogP contribution in [-0.4, -0.2) is 34.0 Å². The number of primary amides is 1. The van der Waals surface area contributed by atoms with Crippen molar-refractivity contribution < 1.29 is 9.59 Å². The highest BCUT2D eigenvalue weighted by Gasteiger charge is 2.26. The number of nitrogens with zero attached hydrogens (tertiary/aromatic N) is 2. The van der Waals surface area contributed by atoms with E-state index in [2.05, 4.69) is 10.3 Å². The number of aromatic nitrogens is 2. The van der Waals surface area contributed by atoms with Gasteiger partial charge in [-0.2, -0.15) is 0 Å². The van der Waals surface area contributed by atoms with Crippen LogP contribution in [0.25, 0.3) is 0 Å². The Hall–Kier alpha value is -1.89. The highest BCUT2D eigenvalue weighted by atomic mass is 16.2. The van der Waals surface area contributed by atoms with E-state index < -0.39 is 0 Å². The third kappa shape index (κ3) is 3.57. The first-order chi connectivity index (χ1) is 9.60. The summed E-state index contributed by atoms with van der Waals surface area (Å²) in [7, 11) is 0. The lowest BCUT2D eigenvalue weighted by Gasteiger charge is -2.27. The van der Waals surface area contributed by atoms with Crippen LogP contribution in [0.1, 0.15) is 36.2 Å². The molecule has 1 saturated carbocycles. The van der Waals surface area contributed by atoms with Crippen LogP contribution >= 0.6 is 0 Å². The van der Waals surface area contributed by atoms with E-state index in [9.17, 15) is 9.59 Å². The Morgan fingerprint density at radius 3 is 2.65 bits per heavy atom. The van der Waals surface area contributed by atoms with E-state index in [1.165, 1.54) is 0 Å². The molecule has 1 aliphatic carbocycles. The zero-order chi connectivity index (χ0) is 14.5. The normalized spacial score (nSPS) is 22.4. The van der Waals surface area contributed by atoms with Crippen molar-refractivity contribution in [2.45, 2.75) is 38.3 Å². The summed E-state index contributed by atoms with van der Waals surface area (Å²) in [6, 6.07) is 0.0951. The summed E-state index contributed by atoms with van der Waals surface area (Å²) in [4.78, 5) is 27.2. The number of rotatable bonds is 5. The van der Waals surface area contributed by atoms with Crippen molar-refractivity contribution in [1.29, 1.82) is 0 Å². The van der Waals surface area contributed by atoms with Gasteiger partial charge in [0.15, 0.2) is 0 Å². The molecule has 2 rings (SSSR count). The summed E-state index contributed by atoms with van der Waals surface area (Å²) in [5.41, 5.74) is 11.1. The Morgan fingerprint density at radius 2 is 2.05 bits per heavy atom. The minimum atomic E-state index is -0.240. The molecule has 110 valence electrons. The van der Waals surface area contributed by atoms with Crippen LogP contribution in [0.4, 0.5) is 0 Å². The summed E-state index contributed by atoms with van der Waals surface area (Å²) in [6.45, 7) is 1.15. The van der Waals surface area contributed by atoms with Crippen LogP contribution < -0.4 is 16.8 Å². The van der Waals surface area contributed by atoms with Crippen molar-refractivity contribution in [3.8, 4) is 0 Å². The van der Waals surface area contributed by atoms with Gasteiger partial charge >= 0.3 is 0 Å². The van der Waals surface area contributed by atoms with E-state index >= 15 is 0 Å². The third-order valence-electron chi connectivity index (χ3n) is 3.72. The fourth-order valence-electron chi connectivity index (χ4n) is 2.53. The summed E-state index contributed by atoms with van der Waals surface area (Å²) in [5, 5.41) is 2.95. The molecule has 2 amide bonds. The molecule has 1 fully saturated rings. The van der Waals surface area contributed by atoms with E-state index in [-0.39, 0.29) is 23.8 Å². The maximum Gasteiger partial charge on any atom is 0.271 e. The van der Waals surface area contributed by atoms with Gasteiger partial charge in [-0.05, 0) is 25.7 Å².